The van der Waals surface area contributed by atoms with Gasteiger partial charge in [-0.1, -0.05) is 6.92 Å². The molecule has 0 spiro atoms. The van der Waals surface area contributed by atoms with E-state index in [9.17, 15) is 0 Å². The van der Waals surface area contributed by atoms with Crippen LogP contribution >= 0.6 is 0 Å². The highest BCUT2D eigenvalue weighted by molar-refractivity contribution is 4.90. The zero-order chi connectivity index (χ0) is 7.84. The van der Waals surface area contributed by atoms with Gasteiger partial charge in [0.05, 0.1) is 12.6 Å². The maximum Gasteiger partial charge on any atom is 0.0714 e. The summed E-state index contributed by atoms with van der Waals surface area (Å²) in [5.41, 5.74) is 0. The van der Waals surface area contributed by atoms with Crippen LogP contribution in [0, 0.1) is 11.8 Å². The second kappa shape index (κ2) is 2.73. The molecule has 0 amide bonds. The summed E-state index contributed by atoms with van der Waals surface area (Å²) < 4.78 is 0. The Morgan fingerprint density at radius 2 is 2.27 bits per heavy atom. The van der Waals surface area contributed by atoms with Crippen LogP contribution in [0.2, 0.25) is 0 Å². The maximum absolute atomic E-state index is 5.50. The fourth-order valence-corrected chi connectivity index (χ4v) is 2.12. The zero-order valence-corrected chi connectivity index (χ0v) is 7.21. The minimum absolute atomic E-state index is 0.610. The van der Waals surface area contributed by atoms with E-state index in [1.165, 1.54) is 6.54 Å². The van der Waals surface area contributed by atoms with Gasteiger partial charge in [-0.15, -0.1) is 0 Å². The van der Waals surface area contributed by atoms with Gasteiger partial charge in [0.2, 0.25) is 0 Å². The molecule has 0 bridgehead atoms. The van der Waals surface area contributed by atoms with E-state index in [2.05, 4.69) is 12.2 Å². The summed E-state index contributed by atoms with van der Waals surface area (Å²) in [5.74, 6) is 1.51. The maximum atomic E-state index is 5.50. The molecule has 3 nitrogen and oxygen atoms in total. The van der Waals surface area contributed by atoms with Gasteiger partial charge in [0.1, 0.15) is 0 Å². The number of hydroxylamine groups is 2. The molecule has 2 saturated heterocycles. The number of hydrogen-bond donors (Lipinski definition) is 1. The average Bonchev–Trinajstić information content (AvgIpc) is 2.45. The van der Waals surface area contributed by atoms with Crippen molar-refractivity contribution >= 4 is 0 Å². The van der Waals surface area contributed by atoms with Gasteiger partial charge in [0.25, 0.3) is 0 Å². The number of hydrogen-bond acceptors (Lipinski definition) is 3. The Balaban J connectivity index is 2.08. The topological polar surface area (TPSA) is 24.5 Å². The van der Waals surface area contributed by atoms with Crippen LogP contribution in [-0.4, -0.2) is 37.8 Å². The molecule has 2 rings (SSSR count). The molecule has 0 radical (unpaired) electrons. The van der Waals surface area contributed by atoms with Crippen LogP contribution < -0.4 is 5.32 Å². The predicted molar refractivity (Wildman–Crippen MR) is 43.0 cm³/mol. The van der Waals surface area contributed by atoms with Crippen molar-refractivity contribution in [1.29, 1.82) is 0 Å². The van der Waals surface area contributed by atoms with Gasteiger partial charge in [-0.3, -0.25) is 4.84 Å². The lowest BCUT2D eigenvalue weighted by Gasteiger charge is -2.37. The average molecular weight is 156 g/mol. The summed E-state index contributed by atoms with van der Waals surface area (Å²) in [5, 5.41) is 5.42. The largest absolute Gasteiger partial charge is 0.315 e. The summed E-state index contributed by atoms with van der Waals surface area (Å²) in [6.45, 7) is 5.42. The van der Waals surface area contributed by atoms with Crippen LogP contribution in [0.25, 0.3) is 0 Å². The third kappa shape index (κ3) is 1.17. The Labute approximate surface area is 67.7 Å². The lowest BCUT2D eigenvalue weighted by molar-refractivity contribution is -0.217. The van der Waals surface area contributed by atoms with E-state index in [1.54, 1.807) is 0 Å². The number of fused-ring (bicyclic) bond motifs is 1. The second-order valence-corrected chi connectivity index (χ2v) is 3.71. The van der Waals surface area contributed by atoms with E-state index in [0.717, 1.165) is 19.1 Å². The summed E-state index contributed by atoms with van der Waals surface area (Å²) >= 11 is 0. The first kappa shape index (κ1) is 7.53. The van der Waals surface area contributed by atoms with E-state index in [-0.39, 0.29) is 0 Å². The Morgan fingerprint density at radius 1 is 1.45 bits per heavy atom. The van der Waals surface area contributed by atoms with E-state index >= 15 is 0 Å². The van der Waals surface area contributed by atoms with Gasteiger partial charge in [-0.05, 0) is 18.4 Å². The Bertz CT molecular complexity index is 135. The first-order valence-corrected chi connectivity index (χ1v) is 4.35. The molecule has 2 heterocycles. The summed E-state index contributed by atoms with van der Waals surface area (Å²) in [6, 6.07) is 0.610. The fourth-order valence-electron chi connectivity index (χ4n) is 2.12. The molecule has 0 aliphatic carbocycles. The van der Waals surface area contributed by atoms with E-state index in [0.29, 0.717) is 12.0 Å². The quantitative estimate of drug-likeness (QED) is 0.538. The normalized spacial score (nSPS) is 45.8. The van der Waals surface area contributed by atoms with Gasteiger partial charge in [-0.25, -0.2) is 0 Å². The fraction of sp³-hybridized carbons (Fsp3) is 1.00. The Hall–Kier alpha value is -0.120. The molecule has 0 aromatic heterocycles. The van der Waals surface area contributed by atoms with Crippen molar-refractivity contribution in [3.63, 3.8) is 0 Å². The van der Waals surface area contributed by atoms with Crippen LogP contribution in [0.5, 0.6) is 0 Å². The van der Waals surface area contributed by atoms with Gasteiger partial charge in [0, 0.05) is 13.6 Å². The van der Waals surface area contributed by atoms with Crippen LogP contribution in [0.15, 0.2) is 0 Å². The molecular formula is C8H16N2O. The number of nitrogens with zero attached hydrogens (tertiary/aromatic N) is 1. The molecule has 11 heavy (non-hydrogen) atoms. The minimum atomic E-state index is 0.610. The van der Waals surface area contributed by atoms with Gasteiger partial charge in [0.15, 0.2) is 0 Å². The molecule has 64 valence electrons. The third-order valence-electron chi connectivity index (χ3n) is 2.97. The molecular weight excluding hydrogens is 140 g/mol. The predicted octanol–water partition coefficient (Wildman–Crippen LogP) is 0.0875. The molecule has 0 aromatic carbocycles. The van der Waals surface area contributed by atoms with Gasteiger partial charge >= 0.3 is 0 Å². The lowest BCUT2D eigenvalue weighted by atomic mass is 9.89. The molecule has 3 heteroatoms. The molecule has 3 unspecified atom stereocenters. The highest BCUT2D eigenvalue weighted by atomic mass is 16.7. The number of rotatable bonds is 0. The lowest BCUT2D eigenvalue weighted by Crippen LogP contribution is -2.46. The minimum Gasteiger partial charge on any atom is -0.315 e. The molecule has 0 aromatic rings. The van der Waals surface area contributed by atoms with Crippen LogP contribution in [0.4, 0.5) is 0 Å². The van der Waals surface area contributed by atoms with Crippen molar-refractivity contribution in [2.45, 2.75) is 13.0 Å². The number of nitrogens with one attached hydrogen (secondary N) is 1. The third-order valence-corrected chi connectivity index (χ3v) is 2.97. The first-order valence-electron chi connectivity index (χ1n) is 4.35. The zero-order valence-electron chi connectivity index (χ0n) is 7.21. The van der Waals surface area contributed by atoms with E-state index < -0.39 is 0 Å². The standard InChI is InChI=1S/C8H16N2O/c1-6-5-11-10(2)8-4-9-3-7(6)8/h6-9H,3-5H2,1-2H3. The smallest absolute Gasteiger partial charge is 0.0714 e. The van der Waals surface area contributed by atoms with Crippen molar-refractivity contribution in [3.05, 3.63) is 0 Å². The number of likely N-dealkylation sites (N-methyl/N-ethyl adjacent to an activating group) is 1. The summed E-state index contributed by atoms with van der Waals surface area (Å²) in [4.78, 5) is 5.50. The highest BCUT2D eigenvalue weighted by Crippen LogP contribution is 2.27. The van der Waals surface area contributed by atoms with Crippen LogP contribution in [-0.2, 0) is 4.84 Å². The van der Waals surface area contributed by atoms with Crippen molar-refractivity contribution in [3.8, 4) is 0 Å². The molecule has 3 atom stereocenters. The van der Waals surface area contributed by atoms with Gasteiger partial charge in [-0.2, -0.15) is 5.06 Å². The van der Waals surface area contributed by atoms with E-state index in [4.69, 9.17) is 4.84 Å². The second-order valence-electron chi connectivity index (χ2n) is 3.71. The SMILES string of the molecule is CC1CON(C)C2CNCC12. The Morgan fingerprint density at radius 3 is 3.00 bits per heavy atom. The molecule has 2 fully saturated rings. The highest BCUT2D eigenvalue weighted by Gasteiger charge is 2.38. The Kier molecular flexibility index (Phi) is 1.87. The van der Waals surface area contributed by atoms with Crippen molar-refractivity contribution in [2.24, 2.45) is 11.8 Å². The van der Waals surface area contributed by atoms with Crippen molar-refractivity contribution < 1.29 is 4.84 Å². The van der Waals surface area contributed by atoms with Crippen molar-refractivity contribution in [1.82, 2.24) is 10.4 Å². The summed E-state index contributed by atoms with van der Waals surface area (Å²) in [7, 11) is 2.04. The van der Waals surface area contributed by atoms with Gasteiger partial charge < -0.3 is 5.32 Å². The monoisotopic (exact) mass is 156 g/mol. The van der Waals surface area contributed by atoms with Crippen LogP contribution in [0.3, 0.4) is 0 Å². The van der Waals surface area contributed by atoms with Crippen molar-refractivity contribution in [2.75, 3.05) is 26.7 Å². The summed E-state index contributed by atoms with van der Waals surface area (Å²) in [6.07, 6.45) is 0. The first-order chi connectivity index (χ1) is 5.29. The molecule has 2 aliphatic rings. The molecule has 2 aliphatic heterocycles. The van der Waals surface area contributed by atoms with E-state index in [1.807, 2.05) is 12.1 Å². The molecule has 0 saturated carbocycles. The molecule has 1 N–H and O–H groups in total. The van der Waals surface area contributed by atoms with Crippen LogP contribution in [0.1, 0.15) is 6.92 Å².